The monoisotopic (exact) mass is 425 g/mol. The van der Waals surface area contributed by atoms with Crippen molar-refractivity contribution in [1.82, 2.24) is 9.78 Å². The van der Waals surface area contributed by atoms with Gasteiger partial charge in [-0.1, -0.05) is 0 Å². The van der Waals surface area contributed by atoms with Crippen molar-refractivity contribution in [2.24, 2.45) is 0 Å². The number of hydrogen-bond donors (Lipinski definition) is 1. The van der Waals surface area contributed by atoms with Crippen LogP contribution in [0, 0.1) is 27.2 Å². The molecule has 12 heteroatoms. The van der Waals surface area contributed by atoms with Crippen LogP contribution < -0.4 is 5.32 Å². The van der Waals surface area contributed by atoms with Crippen LogP contribution in [0.15, 0.2) is 48.5 Å². The highest BCUT2D eigenvalue weighted by molar-refractivity contribution is 6.06. The first-order valence-corrected chi connectivity index (χ1v) is 8.70. The number of nitro groups is 2. The molecule has 0 fully saturated rings. The normalized spacial score (nSPS) is 10.4. The van der Waals surface area contributed by atoms with Crippen LogP contribution in [0.5, 0.6) is 0 Å². The number of benzene rings is 2. The quantitative estimate of drug-likeness (QED) is 0.358. The second-order valence-corrected chi connectivity index (χ2v) is 6.33. The summed E-state index contributed by atoms with van der Waals surface area (Å²) in [5, 5.41) is 28.9. The highest BCUT2D eigenvalue weighted by atomic mass is 16.6. The summed E-state index contributed by atoms with van der Waals surface area (Å²) in [6.45, 7) is 1.68. The molecule has 1 N–H and O–H groups in total. The molecule has 0 saturated carbocycles. The molecule has 158 valence electrons. The maximum atomic E-state index is 12.8. The van der Waals surface area contributed by atoms with E-state index >= 15 is 0 Å². The summed E-state index contributed by atoms with van der Waals surface area (Å²) in [5.74, 6) is -1.33. The van der Waals surface area contributed by atoms with Crippen LogP contribution in [-0.4, -0.2) is 38.6 Å². The van der Waals surface area contributed by atoms with Crippen molar-refractivity contribution >= 4 is 29.1 Å². The van der Waals surface area contributed by atoms with Crippen molar-refractivity contribution in [3.05, 3.63) is 85.6 Å². The summed E-state index contributed by atoms with van der Waals surface area (Å²) in [7, 11) is 1.12. The first-order chi connectivity index (χ1) is 14.7. The number of methoxy groups -OCH3 is 1. The number of non-ortho nitro benzene ring substituents is 2. The zero-order valence-corrected chi connectivity index (χ0v) is 16.3. The lowest BCUT2D eigenvalue weighted by Crippen LogP contribution is -2.16. The average Bonchev–Trinajstić information content (AvgIpc) is 3.12. The fraction of sp³-hybridized carbons (Fsp3) is 0.105. The summed E-state index contributed by atoms with van der Waals surface area (Å²) in [5.41, 5.74) is 0.148. The number of carbonyl (C=O) groups excluding carboxylic acids is 2. The van der Waals surface area contributed by atoms with E-state index in [-0.39, 0.29) is 22.6 Å². The number of rotatable bonds is 6. The minimum absolute atomic E-state index is 0.106. The SMILES string of the molecule is COC(=O)c1cc(C(=O)Nc2cc(C)nn2-c2ccc([N+](=O)[O-])cc2)cc([N+](=O)[O-])c1. The van der Waals surface area contributed by atoms with Crippen molar-refractivity contribution in [2.75, 3.05) is 12.4 Å². The van der Waals surface area contributed by atoms with Crippen LogP contribution in [0.1, 0.15) is 26.4 Å². The summed E-state index contributed by atoms with van der Waals surface area (Å²) in [4.78, 5) is 45.3. The molecule has 0 bridgehead atoms. The number of anilines is 1. The number of ether oxygens (including phenoxy) is 1. The van der Waals surface area contributed by atoms with Gasteiger partial charge in [-0.25, -0.2) is 9.48 Å². The van der Waals surface area contributed by atoms with E-state index in [1.54, 1.807) is 13.0 Å². The number of hydrogen-bond acceptors (Lipinski definition) is 8. The Morgan fingerprint density at radius 3 is 2.16 bits per heavy atom. The van der Waals surface area contributed by atoms with Gasteiger partial charge in [0.25, 0.3) is 17.3 Å². The number of aryl methyl sites for hydroxylation is 1. The zero-order valence-electron chi connectivity index (χ0n) is 16.3. The van der Waals surface area contributed by atoms with Crippen LogP contribution in [0.3, 0.4) is 0 Å². The Morgan fingerprint density at radius 2 is 1.58 bits per heavy atom. The van der Waals surface area contributed by atoms with Gasteiger partial charge in [-0.05, 0) is 25.1 Å². The van der Waals surface area contributed by atoms with Crippen LogP contribution in [0.4, 0.5) is 17.2 Å². The minimum Gasteiger partial charge on any atom is -0.465 e. The molecule has 0 unspecified atom stereocenters. The van der Waals surface area contributed by atoms with Gasteiger partial charge in [0, 0.05) is 35.9 Å². The van der Waals surface area contributed by atoms with Crippen LogP contribution >= 0.6 is 0 Å². The Morgan fingerprint density at radius 1 is 0.968 bits per heavy atom. The summed E-state index contributed by atoms with van der Waals surface area (Å²) in [6, 6.07) is 10.3. The highest BCUT2D eigenvalue weighted by Crippen LogP contribution is 2.22. The van der Waals surface area contributed by atoms with Gasteiger partial charge in [0.2, 0.25) is 0 Å². The second-order valence-electron chi connectivity index (χ2n) is 6.33. The van der Waals surface area contributed by atoms with E-state index in [1.807, 2.05) is 0 Å². The third kappa shape index (κ3) is 4.53. The van der Waals surface area contributed by atoms with E-state index in [0.29, 0.717) is 11.4 Å². The molecule has 0 spiro atoms. The summed E-state index contributed by atoms with van der Waals surface area (Å²) >= 11 is 0. The van der Waals surface area contributed by atoms with Crippen molar-refractivity contribution < 1.29 is 24.2 Å². The Bertz CT molecular complexity index is 1200. The van der Waals surface area contributed by atoms with Gasteiger partial charge in [-0.2, -0.15) is 5.10 Å². The predicted molar refractivity (Wildman–Crippen MR) is 107 cm³/mol. The molecule has 0 saturated heterocycles. The smallest absolute Gasteiger partial charge is 0.338 e. The molecule has 0 aliphatic rings. The molecule has 12 nitrogen and oxygen atoms in total. The largest absolute Gasteiger partial charge is 0.465 e. The third-order valence-electron chi connectivity index (χ3n) is 4.19. The maximum absolute atomic E-state index is 12.8. The predicted octanol–water partition coefficient (Wildman–Crippen LogP) is 3.04. The molecule has 2 aromatic carbocycles. The third-order valence-corrected chi connectivity index (χ3v) is 4.19. The fourth-order valence-electron chi connectivity index (χ4n) is 2.77. The van der Waals surface area contributed by atoms with Gasteiger partial charge in [0.05, 0.1) is 33.9 Å². The lowest BCUT2D eigenvalue weighted by atomic mass is 10.1. The van der Waals surface area contributed by atoms with Crippen molar-refractivity contribution in [2.45, 2.75) is 6.92 Å². The van der Waals surface area contributed by atoms with Crippen LogP contribution in [-0.2, 0) is 4.74 Å². The molecule has 1 heterocycles. The first kappa shape index (κ1) is 21.1. The fourth-order valence-corrected chi connectivity index (χ4v) is 2.77. The number of aromatic nitrogens is 2. The summed E-state index contributed by atoms with van der Waals surface area (Å²) < 4.78 is 5.93. The molecule has 3 rings (SSSR count). The van der Waals surface area contributed by atoms with Gasteiger partial charge in [-0.15, -0.1) is 0 Å². The Labute approximate surface area is 174 Å². The zero-order chi connectivity index (χ0) is 22.7. The Balaban J connectivity index is 1.96. The number of nitro benzene ring substituents is 2. The van der Waals surface area contributed by atoms with E-state index in [4.69, 9.17) is 0 Å². The minimum atomic E-state index is -0.829. The van der Waals surface area contributed by atoms with Gasteiger partial charge < -0.3 is 10.1 Å². The molecular formula is C19H15N5O7. The molecule has 0 radical (unpaired) electrons. The number of nitrogens with one attached hydrogen (secondary N) is 1. The van der Waals surface area contributed by atoms with E-state index in [1.165, 1.54) is 35.0 Å². The standard InChI is InChI=1S/C19H15N5O7/c1-11-7-17(22(21-11)14-3-5-15(6-4-14)23(27)28)20-18(25)12-8-13(19(26)31-2)10-16(9-12)24(29)30/h3-10H,1-2H3,(H,20,25). The second kappa shape index (κ2) is 8.41. The molecular weight excluding hydrogens is 410 g/mol. The molecule has 0 aliphatic heterocycles. The molecule has 31 heavy (non-hydrogen) atoms. The molecule has 1 amide bonds. The van der Waals surface area contributed by atoms with E-state index < -0.39 is 27.4 Å². The Kier molecular flexibility index (Phi) is 5.72. The van der Waals surface area contributed by atoms with Crippen LogP contribution in [0.25, 0.3) is 5.69 Å². The number of nitrogens with zero attached hydrogens (tertiary/aromatic N) is 4. The number of carbonyl (C=O) groups is 2. The maximum Gasteiger partial charge on any atom is 0.338 e. The number of amides is 1. The van der Waals surface area contributed by atoms with Crippen molar-refractivity contribution in [3.63, 3.8) is 0 Å². The molecule has 1 aromatic heterocycles. The molecule has 0 atom stereocenters. The molecule has 0 aliphatic carbocycles. The van der Waals surface area contributed by atoms with Crippen molar-refractivity contribution in [3.8, 4) is 5.69 Å². The van der Waals surface area contributed by atoms with Crippen LogP contribution in [0.2, 0.25) is 0 Å². The highest BCUT2D eigenvalue weighted by Gasteiger charge is 2.20. The number of esters is 1. The average molecular weight is 425 g/mol. The van der Waals surface area contributed by atoms with Gasteiger partial charge in [-0.3, -0.25) is 25.0 Å². The molecule has 3 aromatic rings. The van der Waals surface area contributed by atoms with E-state index in [2.05, 4.69) is 15.2 Å². The Hall–Kier alpha value is -4.61. The van der Waals surface area contributed by atoms with E-state index in [9.17, 15) is 29.8 Å². The van der Waals surface area contributed by atoms with E-state index in [0.717, 1.165) is 19.2 Å². The van der Waals surface area contributed by atoms with Gasteiger partial charge in [0.1, 0.15) is 5.82 Å². The van der Waals surface area contributed by atoms with Gasteiger partial charge in [0.15, 0.2) is 0 Å². The summed E-state index contributed by atoms with van der Waals surface area (Å²) in [6.07, 6.45) is 0. The lowest BCUT2D eigenvalue weighted by Gasteiger charge is -2.10. The lowest BCUT2D eigenvalue weighted by molar-refractivity contribution is -0.385. The van der Waals surface area contributed by atoms with Crippen molar-refractivity contribution in [1.29, 1.82) is 0 Å². The topological polar surface area (TPSA) is 160 Å². The first-order valence-electron chi connectivity index (χ1n) is 8.70. The van der Waals surface area contributed by atoms with Gasteiger partial charge >= 0.3 is 5.97 Å².